The third-order valence-corrected chi connectivity index (χ3v) is 6.99. The number of esters is 1. The molecule has 184 valence electrons. The molecule has 0 fully saturated rings. The number of aromatic amines is 1. The number of ether oxygens (including phenoxy) is 2. The van der Waals surface area contributed by atoms with Crippen molar-refractivity contribution in [2.45, 2.75) is 45.8 Å². The highest BCUT2D eigenvalue weighted by molar-refractivity contribution is 7.19. The lowest BCUT2D eigenvalue weighted by molar-refractivity contribution is 0.00740. The van der Waals surface area contributed by atoms with E-state index in [1.54, 1.807) is 6.20 Å². The Labute approximate surface area is 213 Å². The van der Waals surface area contributed by atoms with Gasteiger partial charge in [-0.05, 0) is 62.4 Å². The molecule has 8 heteroatoms. The van der Waals surface area contributed by atoms with Gasteiger partial charge in [0.15, 0.2) is 0 Å². The van der Waals surface area contributed by atoms with Crippen LogP contribution in [0.2, 0.25) is 0 Å². The first-order valence-corrected chi connectivity index (χ1v) is 12.6. The second-order valence-electron chi connectivity index (χ2n) is 9.57. The Hall–Kier alpha value is -3.91. The number of nitrogens with one attached hydrogen (secondary N) is 1. The molecule has 0 aliphatic heterocycles. The van der Waals surface area contributed by atoms with Gasteiger partial charge in [-0.3, -0.25) is 5.10 Å². The van der Waals surface area contributed by atoms with Gasteiger partial charge in [-0.15, -0.1) is 11.3 Å². The fourth-order valence-electron chi connectivity index (χ4n) is 4.24. The van der Waals surface area contributed by atoms with Crippen LogP contribution in [0.25, 0.3) is 11.3 Å². The highest BCUT2D eigenvalue weighted by atomic mass is 32.1. The summed E-state index contributed by atoms with van der Waals surface area (Å²) in [5.41, 5.74) is 4.39. The van der Waals surface area contributed by atoms with Gasteiger partial charge in [-0.2, -0.15) is 5.10 Å². The number of H-pyrrole nitrogens is 1. The zero-order chi connectivity index (χ0) is 25.3. The first kappa shape index (κ1) is 23.8. The Morgan fingerprint density at radius 3 is 2.42 bits per heavy atom. The van der Waals surface area contributed by atoms with E-state index in [2.05, 4.69) is 10.2 Å². The molecule has 0 saturated heterocycles. The van der Waals surface area contributed by atoms with Gasteiger partial charge in [0.1, 0.15) is 22.1 Å². The predicted octanol–water partition coefficient (Wildman–Crippen LogP) is 6.67. The summed E-state index contributed by atoms with van der Waals surface area (Å²) < 4.78 is 11.5. The smallest absolute Gasteiger partial charge is 0.419 e. The molecule has 1 N–H and O–H groups in total. The third kappa shape index (κ3) is 4.77. The Kier molecular flexibility index (Phi) is 6.36. The number of carbonyl (C=O) groups excluding carboxylic acids is 2. The first-order chi connectivity index (χ1) is 17.3. The van der Waals surface area contributed by atoms with Gasteiger partial charge in [0.25, 0.3) is 0 Å². The summed E-state index contributed by atoms with van der Waals surface area (Å²) in [5, 5.41) is 7.92. The summed E-state index contributed by atoms with van der Waals surface area (Å²) in [7, 11) is 0. The molecular formula is C28H27N3O4S. The molecule has 0 spiro atoms. The maximum absolute atomic E-state index is 13.6. The van der Waals surface area contributed by atoms with E-state index in [0.717, 1.165) is 34.4 Å². The number of aryl methyl sites for hydroxylation is 1. The lowest BCUT2D eigenvalue weighted by Gasteiger charge is -2.23. The summed E-state index contributed by atoms with van der Waals surface area (Å²) in [6.07, 6.45) is 2.66. The molecule has 0 radical (unpaired) electrons. The molecule has 36 heavy (non-hydrogen) atoms. The van der Waals surface area contributed by atoms with Crippen LogP contribution in [0.3, 0.4) is 0 Å². The number of amides is 1. The minimum atomic E-state index is -0.643. The number of thiophene rings is 1. The van der Waals surface area contributed by atoms with Crippen molar-refractivity contribution in [2.24, 2.45) is 0 Å². The predicted molar refractivity (Wildman–Crippen MR) is 140 cm³/mol. The summed E-state index contributed by atoms with van der Waals surface area (Å²) in [5.74, 6) is -0.399. The Morgan fingerprint density at radius 1 is 1.03 bits per heavy atom. The number of aromatic nitrogens is 2. The number of fused-ring (bicyclic) bond motifs is 3. The van der Waals surface area contributed by atoms with Crippen molar-refractivity contribution in [1.29, 1.82) is 0 Å². The molecule has 0 saturated carbocycles. The molecule has 1 amide bonds. The number of carbonyl (C=O) groups is 2. The number of rotatable bonds is 5. The maximum Gasteiger partial charge on any atom is 0.419 e. The van der Waals surface area contributed by atoms with Crippen LogP contribution in [0.5, 0.6) is 0 Å². The number of benzene rings is 2. The summed E-state index contributed by atoms with van der Waals surface area (Å²) in [4.78, 5) is 28.9. The fourth-order valence-corrected chi connectivity index (χ4v) is 5.48. The average molecular weight is 502 g/mol. The molecule has 0 unspecified atom stereocenters. The Balaban J connectivity index is 1.62. The van der Waals surface area contributed by atoms with Gasteiger partial charge in [0.2, 0.25) is 0 Å². The lowest BCUT2D eigenvalue weighted by atomic mass is 9.91. The number of nitrogens with zero attached hydrogens (tertiary/aromatic N) is 2. The molecular weight excluding hydrogens is 474 g/mol. The van der Waals surface area contributed by atoms with E-state index in [4.69, 9.17) is 9.47 Å². The minimum absolute atomic E-state index is 0.130. The van der Waals surface area contributed by atoms with Crippen LogP contribution in [0.1, 0.15) is 47.1 Å². The van der Waals surface area contributed by atoms with Gasteiger partial charge in [-0.1, -0.05) is 48.5 Å². The zero-order valence-electron chi connectivity index (χ0n) is 20.4. The standard InChI is InChI=1S/C28H27N3O4S/c1-28(2,3)35-26(32)24-21-15-14-19-16-29-30-23(19)22(21)25(36-24)31(20-12-8-5-9-13-20)27(33)34-17-18-10-6-4-7-11-18/h4-13,16H,14-15,17H2,1-3H3,(H,29,30). The van der Waals surface area contributed by atoms with Crippen molar-refractivity contribution < 1.29 is 19.1 Å². The van der Waals surface area contributed by atoms with E-state index < -0.39 is 17.7 Å². The largest absolute Gasteiger partial charge is 0.456 e. The molecule has 2 aromatic heterocycles. The lowest BCUT2D eigenvalue weighted by Crippen LogP contribution is -2.26. The second-order valence-corrected chi connectivity index (χ2v) is 10.6. The van der Waals surface area contributed by atoms with Crippen LogP contribution in [0.4, 0.5) is 15.5 Å². The molecule has 2 aromatic carbocycles. The summed E-state index contributed by atoms with van der Waals surface area (Å²) in [6, 6.07) is 18.8. The van der Waals surface area contributed by atoms with Crippen LogP contribution in [-0.4, -0.2) is 27.9 Å². The van der Waals surface area contributed by atoms with Crippen molar-refractivity contribution in [3.05, 3.63) is 88.4 Å². The molecule has 5 rings (SSSR count). The van der Waals surface area contributed by atoms with E-state index in [1.165, 1.54) is 16.2 Å². The van der Waals surface area contributed by atoms with E-state index in [-0.39, 0.29) is 6.61 Å². The van der Waals surface area contributed by atoms with E-state index in [1.807, 2.05) is 81.4 Å². The Bertz CT molecular complexity index is 1390. The SMILES string of the molecule is CC(C)(C)OC(=O)c1sc(N(C(=O)OCc2ccccc2)c2ccccc2)c2c1CCc1cn[nH]c1-2. The normalized spacial score (nSPS) is 12.4. The van der Waals surface area contributed by atoms with Crippen LogP contribution >= 0.6 is 11.3 Å². The highest BCUT2D eigenvalue weighted by Gasteiger charge is 2.35. The summed E-state index contributed by atoms with van der Waals surface area (Å²) >= 11 is 1.25. The van der Waals surface area contributed by atoms with Gasteiger partial charge in [0, 0.05) is 5.56 Å². The molecule has 0 atom stereocenters. The van der Waals surface area contributed by atoms with Crippen molar-refractivity contribution in [3.8, 4) is 11.3 Å². The van der Waals surface area contributed by atoms with E-state index in [9.17, 15) is 9.59 Å². The number of anilines is 2. The number of hydrogen-bond donors (Lipinski definition) is 1. The fraction of sp³-hybridized carbons (Fsp3) is 0.250. The average Bonchev–Trinajstić information content (AvgIpc) is 3.48. The summed E-state index contributed by atoms with van der Waals surface area (Å²) in [6.45, 7) is 5.66. The van der Waals surface area contributed by atoms with Crippen molar-refractivity contribution >= 4 is 34.1 Å². The molecule has 2 heterocycles. The van der Waals surface area contributed by atoms with Gasteiger partial charge in [-0.25, -0.2) is 14.5 Å². The van der Waals surface area contributed by atoms with Gasteiger partial charge < -0.3 is 9.47 Å². The van der Waals surface area contributed by atoms with Crippen LogP contribution in [0.15, 0.2) is 66.9 Å². The molecule has 1 aliphatic rings. The molecule has 4 aromatic rings. The van der Waals surface area contributed by atoms with Crippen LogP contribution in [0, 0.1) is 0 Å². The first-order valence-electron chi connectivity index (χ1n) is 11.8. The molecule has 7 nitrogen and oxygen atoms in total. The number of para-hydroxylation sites is 1. The monoisotopic (exact) mass is 501 g/mol. The quantitative estimate of drug-likeness (QED) is 0.309. The third-order valence-electron chi connectivity index (χ3n) is 5.79. The van der Waals surface area contributed by atoms with E-state index >= 15 is 0 Å². The van der Waals surface area contributed by atoms with Crippen molar-refractivity contribution in [1.82, 2.24) is 10.2 Å². The minimum Gasteiger partial charge on any atom is -0.456 e. The van der Waals surface area contributed by atoms with E-state index in [0.29, 0.717) is 22.0 Å². The van der Waals surface area contributed by atoms with Crippen LogP contribution < -0.4 is 4.90 Å². The topological polar surface area (TPSA) is 84.5 Å². The van der Waals surface area contributed by atoms with Gasteiger partial charge in [0.05, 0.1) is 17.6 Å². The van der Waals surface area contributed by atoms with Crippen molar-refractivity contribution in [3.63, 3.8) is 0 Å². The van der Waals surface area contributed by atoms with Crippen LogP contribution in [-0.2, 0) is 28.9 Å². The maximum atomic E-state index is 13.6. The molecule has 0 bridgehead atoms. The van der Waals surface area contributed by atoms with Gasteiger partial charge >= 0.3 is 12.1 Å². The molecule has 1 aliphatic carbocycles. The number of hydrogen-bond acceptors (Lipinski definition) is 6. The highest BCUT2D eigenvalue weighted by Crippen LogP contribution is 2.49. The van der Waals surface area contributed by atoms with Crippen molar-refractivity contribution in [2.75, 3.05) is 4.90 Å². The second kappa shape index (κ2) is 9.62. The zero-order valence-corrected chi connectivity index (χ0v) is 21.2. The Morgan fingerprint density at radius 2 is 1.72 bits per heavy atom.